The predicted octanol–water partition coefficient (Wildman–Crippen LogP) is 1.16. The Morgan fingerprint density at radius 1 is 1.14 bits per heavy atom. The van der Waals surface area contributed by atoms with Crippen LogP contribution in [-0.2, 0) is 16.1 Å². The van der Waals surface area contributed by atoms with Crippen LogP contribution in [0.1, 0.15) is 36.2 Å². The number of amides is 2. The minimum Gasteiger partial charge on any atom is -0.481 e. The highest BCUT2D eigenvalue weighted by Crippen LogP contribution is 2.20. The van der Waals surface area contributed by atoms with Crippen LogP contribution in [0.2, 0.25) is 0 Å². The standard InChI is InChI=1S/C15H20N2O4/c1-15(2,14(20)21)8-12(18)17-9-10-4-6-11(7-5-10)13(19)16-3/h4-7H,8-9H2,1-3H3,(H,16,19)(H,17,18)(H,20,21). The second-order valence-electron chi connectivity index (χ2n) is 5.42. The monoisotopic (exact) mass is 292 g/mol. The molecule has 0 aliphatic rings. The van der Waals surface area contributed by atoms with E-state index in [1.54, 1.807) is 31.3 Å². The molecule has 1 rings (SSSR count). The molecule has 1 aromatic carbocycles. The van der Waals surface area contributed by atoms with Crippen LogP contribution in [0.15, 0.2) is 24.3 Å². The van der Waals surface area contributed by atoms with Crippen molar-refractivity contribution in [2.75, 3.05) is 7.05 Å². The normalized spacial score (nSPS) is 10.8. The van der Waals surface area contributed by atoms with Gasteiger partial charge in [0, 0.05) is 25.6 Å². The van der Waals surface area contributed by atoms with Gasteiger partial charge in [-0.1, -0.05) is 12.1 Å². The van der Waals surface area contributed by atoms with Crippen LogP contribution in [0.25, 0.3) is 0 Å². The molecule has 0 bridgehead atoms. The van der Waals surface area contributed by atoms with Crippen LogP contribution < -0.4 is 10.6 Å². The molecule has 0 aromatic heterocycles. The first-order valence-corrected chi connectivity index (χ1v) is 6.57. The Morgan fingerprint density at radius 2 is 1.71 bits per heavy atom. The van der Waals surface area contributed by atoms with Gasteiger partial charge >= 0.3 is 5.97 Å². The third-order valence-electron chi connectivity index (χ3n) is 3.11. The molecule has 114 valence electrons. The maximum atomic E-state index is 11.7. The lowest BCUT2D eigenvalue weighted by Gasteiger charge is -2.18. The van der Waals surface area contributed by atoms with Gasteiger partial charge in [0.2, 0.25) is 5.91 Å². The molecule has 6 nitrogen and oxygen atoms in total. The van der Waals surface area contributed by atoms with Crippen LogP contribution in [-0.4, -0.2) is 29.9 Å². The molecule has 0 unspecified atom stereocenters. The molecule has 3 N–H and O–H groups in total. The van der Waals surface area contributed by atoms with E-state index in [0.29, 0.717) is 12.1 Å². The lowest BCUT2D eigenvalue weighted by Crippen LogP contribution is -2.33. The van der Waals surface area contributed by atoms with E-state index >= 15 is 0 Å². The van der Waals surface area contributed by atoms with E-state index in [4.69, 9.17) is 5.11 Å². The summed E-state index contributed by atoms with van der Waals surface area (Å²) >= 11 is 0. The third-order valence-corrected chi connectivity index (χ3v) is 3.11. The quantitative estimate of drug-likeness (QED) is 0.733. The summed E-state index contributed by atoms with van der Waals surface area (Å²) < 4.78 is 0. The Kier molecular flexibility index (Phi) is 5.46. The maximum absolute atomic E-state index is 11.7. The molecule has 0 radical (unpaired) electrons. The first-order valence-electron chi connectivity index (χ1n) is 6.57. The summed E-state index contributed by atoms with van der Waals surface area (Å²) in [7, 11) is 1.56. The number of carboxylic acid groups (broad SMARTS) is 1. The molecule has 0 aliphatic carbocycles. The fraction of sp³-hybridized carbons (Fsp3) is 0.400. The lowest BCUT2D eigenvalue weighted by atomic mass is 9.89. The van der Waals surface area contributed by atoms with Crippen molar-refractivity contribution in [1.29, 1.82) is 0 Å². The highest BCUT2D eigenvalue weighted by atomic mass is 16.4. The van der Waals surface area contributed by atoms with E-state index in [0.717, 1.165) is 5.56 Å². The molecule has 21 heavy (non-hydrogen) atoms. The summed E-state index contributed by atoms with van der Waals surface area (Å²) in [6.07, 6.45) is -0.0847. The highest BCUT2D eigenvalue weighted by molar-refractivity contribution is 5.94. The fourth-order valence-corrected chi connectivity index (χ4v) is 1.66. The molecule has 1 aromatic rings. The number of aliphatic carboxylic acids is 1. The SMILES string of the molecule is CNC(=O)c1ccc(CNC(=O)CC(C)(C)C(=O)O)cc1. The van der Waals surface area contributed by atoms with Crippen molar-refractivity contribution in [2.24, 2.45) is 5.41 Å². The predicted molar refractivity (Wildman–Crippen MR) is 77.7 cm³/mol. The van der Waals surface area contributed by atoms with Gasteiger partial charge in [0.05, 0.1) is 5.41 Å². The molecule has 0 fully saturated rings. The van der Waals surface area contributed by atoms with Crippen LogP contribution >= 0.6 is 0 Å². The van der Waals surface area contributed by atoms with Gasteiger partial charge in [-0.2, -0.15) is 0 Å². The number of hydrogen-bond donors (Lipinski definition) is 3. The van der Waals surface area contributed by atoms with E-state index in [9.17, 15) is 14.4 Å². The summed E-state index contributed by atoms with van der Waals surface area (Å²) in [5, 5.41) is 14.2. The Balaban J connectivity index is 2.54. The summed E-state index contributed by atoms with van der Waals surface area (Å²) in [5.41, 5.74) is 0.288. The smallest absolute Gasteiger partial charge is 0.309 e. The van der Waals surface area contributed by atoms with Crippen molar-refractivity contribution in [3.05, 3.63) is 35.4 Å². The lowest BCUT2D eigenvalue weighted by molar-refractivity contribution is -0.149. The second-order valence-corrected chi connectivity index (χ2v) is 5.42. The minimum absolute atomic E-state index is 0.0847. The summed E-state index contributed by atoms with van der Waals surface area (Å²) in [6.45, 7) is 3.31. The third kappa shape index (κ3) is 4.91. The number of nitrogens with one attached hydrogen (secondary N) is 2. The van der Waals surface area contributed by atoms with Gasteiger partial charge in [-0.3, -0.25) is 14.4 Å². The van der Waals surface area contributed by atoms with Gasteiger partial charge in [0.15, 0.2) is 0 Å². The van der Waals surface area contributed by atoms with E-state index in [2.05, 4.69) is 10.6 Å². The van der Waals surface area contributed by atoms with Crippen molar-refractivity contribution in [1.82, 2.24) is 10.6 Å². The maximum Gasteiger partial charge on any atom is 0.309 e. The van der Waals surface area contributed by atoms with Crippen LogP contribution in [0, 0.1) is 5.41 Å². The molecule has 0 atom stereocenters. The van der Waals surface area contributed by atoms with E-state index in [1.165, 1.54) is 13.8 Å². The van der Waals surface area contributed by atoms with Crippen molar-refractivity contribution in [3.63, 3.8) is 0 Å². The molecule has 0 saturated carbocycles. The van der Waals surface area contributed by atoms with Crippen molar-refractivity contribution < 1.29 is 19.5 Å². The van der Waals surface area contributed by atoms with Gasteiger partial charge in [-0.15, -0.1) is 0 Å². The first-order chi connectivity index (χ1) is 9.76. The van der Waals surface area contributed by atoms with E-state index in [-0.39, 0.29) is 18.2 Å². The number of benzene rings is 1. The number of hydrogen-bond acceptors (Lipinski definition) is 3. The number of rotatable bonds is 6. The minimum atomic E-state index is -1.09. The Bertz CT molecular complexity index is 535. The summed E-state index contributed by atoms with van der Waals surface area (Å²) in [6, 6.07) is 6.82. The average Bonchev–Trinajstić information content (AvgIpc) is 2.44. The molecule has 6 heteroatoms. The zero-order chi connectivity index (χ0) is 16.0. The van der Waals surface area contributed by atoms with Crippen LogP contribution in [0.4, 0.5) is 0 Å². The van der Waals surface area contributed by atoms with Crippen molar-refractivity contribution in [2.45, 2.75) is 26.8 Å². The average molecular weight is 292 g/mol. The van der Waals surface area contributed by atoms with Gasteiger partial charge in [-0.05, 0) is 31.5 Å². The van der Waals surface area contributed by atoms with Crippen molar-refractivity contribution in [3.8, 4) is 0 Å². The van der Waals surface area contributed by atoms with E-state index in [1.807, 2.05) is 0 Å². The molecular weight excluding hydrogens is 272 g/mol. The van der Waals surface area contributed by atoms with Gasteiger partial charge < -0.3 is 15.7 Å². The second kappa shape index (κ2) is 6.88. The Morgan fingerprint density at radius 3 is 2.19 bits per heavy atom. The number of carbonyl (C=O) groups is 3. The summed E-state index contributed by atoms with van der Waals surface area (Å²) in [5.74, 6) is -1.50. The molecule has 0 spiro atoms. The Labute approximate surface area is 123 Å². The zero-order valence-electron chi connectivity index (χ0n) is 12.4. The molecule has 0 saturated heterocycles. The Hall–Kier alpha value is -2.37. The van der Waals surface area contributed by atoms with E-state index < -0.39 is 11.4 Å². The summed E-state index contributed by atoms with van der Waals surface area (Å²) in [4.78, 5) is 34.0. The van der Waals surface area contributed by atoms with Gasteiger partial charge in [0.25, 0.3) is 5.91 Å². The number of carboxylic acids is 1. The first kappa shape index (κ1) is 16.7. The molecule has 2 amide bonds. The molecule has 0 aliphatic heterocycles. The molecule has 0 heterocycles. The fourth-order valence-electron chi connectivity index (χ4n) is 1.66. The largest absolute Gasteiger partial charge is 0.481 e. The van der Waals surface area contributed by atoms with Crippen LogP contribution in [0.3, 0.4) is 0 Å². The van der Waals surface area contributed by atoms with Crippen molar-refractivity contribution >= 4 is 17.8 Å². The van der Waals surface area contributed by atoms with Gasteiger partial charge in [0.1, 0.15) is 0 Å². The zero-order valence-corrected chi connectivity index (χ0v) is 12.4. The molecular formula is C15H20N2O4. The van der Waals surface area contributed by atoms with Crippen LogP contribution in [0.5, 0.6) is 0 Å². The topological polar surface area (TPSA) is 95.5 Å². The van der Waals surface area contributed by atoms with Gasteiger partial charge in [-0.25, -0.2) is 0 Å². The number of carbonyl (C=O) groups excluding carboxylic acids is 2. The highest BCUT2D eigenvalue weighted by Gasteiger charge is 2.29.